The summed E-state index contributed by atoms with van der Waals surface area (Å²) in [6.07, 6.45) is 1.58. The van der Waals surface area contributed by atoms with Gasteiger partial charge in [-0.1, -0.05) is 26.3 Å². The van der Waals surface area contributed by atoms with Crippen LogP contribution >= 0.6 is 0 Å². The molecule has 0 bridgehead atoms. The zero-order chi connectivity index (χ0) is 36.3. The Morgan fingerprint density at radius 3 is 2.62 bits per heavy atom. The van der Waals surface area contributed by atoms with E-state index >= 15 is 0 Å². The van der Waals surface area contributed by atoms with Gasteiger partial charge in [0.15, 0.2) is 5.82 Å². The summed E-state index contributed by atoms with van der Waals surface area (Å²) in [4.78, 5) is 46.1. The quantitative estimate of drug-likeness (QED) is 0.149. The Kier molecular flexibility index (Phi) is 10.6. The highest BCUT2D eigenvalue weighted by atomic mass is 19.1. The van der Waals surface area contributed by atoms with E-state index in [0.29, 0.717) is 53.8 Å². The number of carbonyl (C=O) groups excluding carboxylic acids is 2. The number of nitrogens with one attached hydrogen (secondary N) is 2. The van der Waals surface area contributed by atoms with Crippen LogP contribution in [0.3, 0.4) is 0 Å². The van der Waals surface area contributed by atoms with Gasteiger partial charge in [0.1, 0.15) is 23.2 Å². The number of ether oxygens (including phenoxy) is 2. The first kappa shape index (κ1) is 36.1. The minimum Gasteiger partial charge on any atom is -0.494 e. The summed E-state index contributed by atoms with van der Waals surface area (Å²) in [5.74, 6) is 5.86. The number of methoxy groups -OCH3 is 1. The predicted octanol–water partition coefficient (Wildman–Crippen LogP) is 5.59. The van der Waals surface area contributed by atoms with Crippen molar-refractivity contribution in [3.05, 3.63) is 60.1 Å². The number of hydrogen-bond donors (Lipinski definition) is 2. The number of anilines is 6. The van der Waals surface area contributed by atoms with Gasteiger partial charge >= 0.3 is 5.97 Å². The van der Waals surface area contributed by atoms with Crippen molar-refractivity contribution in [2.75, 3.05) is 61.3 Å². The molecular weight excluding hydrogens is 639 g/mol. The third-order valence-corrected chi connectivity index (χ3v) is 8.46. The number of amides is 1. The minimum atomic E-state index is -1.03. The van der Waals surface area contributed by atoms with E-state index in [9.17, 15) is 14.0 Å². The van der Waals surface area contributed by atoms with Crippen molar-refractivity contribution in [2.45, 2.75) is 64.8 Å². The van der Waals surface area contributed by atoms with Crippen LogP contribution in [0.4, 0.5) is 38.9 Å². The van der Waals surface area contributed by atoms with Crippen molar-refractivity contribution < 1.29 is 23.5 Å². The van der Waals surface area contributed by atoms with E-state index in [1.165, 1.54) is 19.4 Å². The second-order valence-corrected chi connectivity index (χ2v) is 13.6. The van der Waals surface area contributed by atoms with E-state index < -0.39 is 23.5 Å². The molecule has 264 valence electrons. The summed E-state index contributed by atoms with van der Waals surface area (Å²) in [6.45, 7) is 14.3. The molecule has 0 unspecified atom stereocenters. The summed E-state index contributed by atoms with van der Waals surface area (Å²) in [7, 11) is 5.41. The Bertz CT molecular complexity index is 1850. The molecule has 0 spiro atoms. The average Bonchev–Trinajstić information content (AvgIpc) is 3.55. The van der Waals surface area contributed by atoms with Gasteiger partial charge in [-0.2, -0.15) is 4.98 Å². The molecule has 1 aromatic carbocycles. The highest BCUT2D eigenvalue weighted by molar-refractivity contribution is 6.02. The molecule has 13 heteroatoms. The fraction of sp³-hybridized carbons (Fsp3) is 0.432. The molecule has 2 atom stereocenters. The van der Waals surface area contributed by atoms with Gasteiger partial charge in [-0.25, -0.2) is 19.2 Å². The lowest BCUT2D eigenvalue weighted by atomic mass is 9.91. The molecule has 2 aromatic heterocycles. The largest absolute Gasteiger partial charge is 0.494 e. The summed E-state index contributed by atoms with van der Waals surface area (Å²) in [5, 5.41) is 6.11. The van der Waals surface area contributed by atoms with Gasteiger partial charge in [-0.15, -0.1) is 0 Å². The van der Waals surface area contributed by atoms with E-state index in [1.807, 2.05) is 40.9 Å². The van der Waals surface area contributed by atoms with Gasteiger partial charge in [0, 0.05) is 49.8 Å². The molecular formula is C37H45FN8O4. The third-order valence-electron chi connectivity index (χ3n) is 8.46. The number of carbonyl (C=O) groups is 2. The molecule has 1 fully saturated rings. The zero-order valence-corrected chi connectivity index (χ0v) is 29.9. The Labute approximate surface area is 293 Å². The van der Waals surface area contributed by atoms with Gasteiger partial charge in [-0.3, -0.25) is 4.79 Å². The molecule has 5 rings (SSSR count). The molecule has 12 nitrogen and oxygen atoms in total. The maximum atomic E-state index is 14.8. The van der Waals surface area contributed by atoms with E-state index in [-0.39, 0.29) is 30.2 Å². The number of halogens is 1. The van der Waals surface area contributed by atoms with Crippen LogP contribution in [0, 0.1) is 11.8 Å². The highest BCUT2D eigenvalue weighted by Gasteiger charge is 2.40. The first-order valence-electron chi connectivity index (χ1n) is 16.5. The average molecular weight is 685 g/mol. The van der Waals surface area contributed by atoms with Gasteiger partial charge < -0.3 is 34.8 Å². The Hall–Kier alpha value is -5.22. The summed E-state index contributed by atoms with van der Waals surface area (Å²) in [5.41, 5.74) is 3.55. The molecule has 4 heterocycles. The number of pyridine rings is 1. The number of rotatable bonds is 11. The molecule has 0 radical (unpaired) electrons. The number of fused-ring (bicyclic) bond motifs is 1. The van der Waals surface area contributed by atoms with Crippen molar-refractivity contribution in [1.29, 1.82) is 0 Å². The topological polar surface area (TPSA) is 125 Å². The van der Waals surface area contributed by atoms with Crippen molar-refractivity contribution in [3.63, 3.8) is 0 Å². The Morgan fingerprint density at radius 2 is 1.96 bits per heavy atom. The number of alkyl halides is 1. The molecule has 50 heavy (non-hydrogen) atoms. The fourth-order valence-electron chi connectivity index (χ4n) is 6.40. The number of aromatic nitrogens is 3. The molecule has 0 aliphatic carbocycles. The van der Waals surface area contributed by atoms with Crippen LogP contribution < -0.4 is 25.2 Å². The molecule has 3 aromatic rings. The number of nitrogens with zero attached hydrogens (tertiary/aromatic N) is 6. The molecule has 1 amide bonds. The van der Waals surface area contributed by atoms with Gasteiger partial charge in [0.25, 0.3) is 0 Å². The van der Waals surface area contributed by atoms with Crippen LogP contribution in [0.2, 0.25) is 0 Å². The maximum Gasteiger partial charge on any atom is 0.343 e. The highest BCUT2D eigenvalue weighted by Crippen LogP contribution is 2.45. The first-order chi connectivity index (χ1) is 23.7. The van der Waals surface area contributed by atoms with Crippen molar-refractivity contribution in [1.82, 2.24) is 19.9 Å². The zero-order valence-electron chi connectivity index (χ0n) is 29.9. The smallest absolute Gasteiger partial charge is 0.343 e. The SMILES string of the molecule is C=CC(=O)Nc1cc(Nc2ncc(C(=O)OC(C)C)c(N3CC(C)(C)c4nc(C#CC)ccc43)n2)c(OC)cc1N1C[C@@H](F)C[C@@H]1CN(C)C. The lowest BCUT2D eigenvalue weighted by molar-refractivity contribution is -0.111. The number of hydrogen-bond acceptors (Lipinski definition) is 11. The van der Waals surface area contributed by atoms with Crippen LogP contribution in [0.25, 0.3) is 0 Å². The number of benzene rings is 1. The summed E-state index contributed by atoms with van der Waals surface area (Å²) < 4.78 is 26.2. The summed E-state index contributed by atoms with van der Waals surface area (Å²) in [6, 6.07) is 7.12. The van der Waals surface area contributed by atoms with Crippen LogP contribution in [0.15, 0.2) is 43.1 Å². The minimum absolute atomic E-state index is 0.126. The van der Waals surface area contributed by atoms with Crippen molar-refractivity contribution in [3.8, 4) is 17.6 Å². The summed E-state index contributed by atoms with van der Waals surface area (Å²) >= 11 is 0. The van der Waals surface area contributed by atoms with Gasteiger partial charge in [-0.05, 0) is 65.1 Å². The molecule has 1 saturated heterocycles. The van der Waals surface area contributed by atoms with Crippen molar-refractivity contribution >= 4 is 46.4 Å². The van der Waals surface area contributed by atoms with E-state index in [4.69, 9.17) is 19.4 Å². The second kappa shape index (κ2) is 14.7. The van der Waals surface area contributed by atoms with E-state index in [2.05, 4.69) is 47.9 Å². The lowest BCUT2D eigenvalue weighted by Crippen LogP contribution is -2.38. The van der Waals surface area contributed by atoms with Crippen LogP contribution in [0.1, 0.15) is 62.8 Å². The van der Waals surface area contributed by atoms with Gasteiger partial charge in [0.05, 0.1) is 41.7 Å². The van der Waals surface area contributed by atoms with Gasteiger partial charge in [0.2, 0.25) is 11.9 Å². The number of likely N-dealkylation sites (N-methyl/N-ethyl adjacent to an activating group) is 1. The van der Waals surface area contributed by atoms with E-state index in [0.717, 1.165) is 11.4 Å². The molecule has 2 aliphatic rings. The Morgan fingerprint density at radius 1 is 1.20 bits per heavy atom. The third kappa shape index (κ3) is 7.65. The molecule has 0 saturated carbocycles. The predicted molar refractivity (Wildman–Crippen MR) is 194 cm³/mol. The maximum absolute atomic E-state index is 14.8. The molecule has 2 aliphatic heterocycles. The van der Waals surface area contributed by atoms with Crippen molar-refractivity contribution in [2.24, 2.45) is 0 Å². The monoisotopic (exact) mass is 684 g/mol. The first-order valence-corrected chi connectivity index (χ1v) is 16.5. The number of esters is 1. The molecule has 2 N–H and O–H groups in total. The second-order valence-electron chi connectivity index (χ2n) is 13.6. The lowest BCUT2D eigenvalue weighted by Gasteiger charge is -2.31. The van der Waals surface area contributed by atoms with E-state index in [1.54, 1.807) is 32.9 Å². The Balaban J connectivity index is 1.60. The normalized spacial score (nSPS) is 17.7. The standard InChI is InChI=1S/C37H45FN8O4/c1-10-12-24-13-14-29-33(40-24)37(5,6)21-46(29)34-26(35(48)50-22(3)4)18-39-36(43-34)42-28-16-27(41-32(47)11-2)30(17-31(28)49-9)45-19-23(38)15-25(45)20-44(7)8/h11,13-14,16-18,22-23,25H,2,15,19-21H2,1,3-9H3,(H,41,47)(H,39,42,43)/t23-,25+/m0/s1. The van der Waals surface area contributed by atoms with Crippen LogP contribution in [-0.4, -0.2) is 90.9 Å². The van der Waals surface area contributed by atoms with Crippen LogP contribution in [-0.2, 0) is 14.9 Å². The fourth-order valence-corrected chi connectivity index (χ4v) is 6.40. The van der Waals surface area contributed by atoms with Crippen LogP contribution in [0.5, 0.6) is 5.75 Å².